The molecule has 2 bridgehead atoms. The van der Waals surface area contributed by atoms with Gasteiger partial charge in [0.25, 0.3) is 5.69 Å². The first-order chi connectivity index (χ1) is 9.01. The molecule has 0 aromatic heterocycles. The van der Waals surface area contributed by atoms with Crippen molar-refractivity contribution >= 4 is 15.7 Å². The summed E-state index contributed by atoms with van der Waals surface area (Å²) < 4.78 is 26.6. The van der Waals surface area contributed by atoms with E-state index in [9.17, 15) is 18.5 Å². The van der Waals surface area contributed by atoms with E-state index >= 15 is 0 Å². The Morgan fingerprint density at radius 2 is 1.84 bits per heavy atom. The Labute approximate surface area is 111 Å². The molecule has 19 heavy (non-hydrogen) atoms. The standard InChI is InChI=1S/C12H14N2O4S/c15-14(16)11-6-1-2-7-12(11)19(17,18)13-9-4-3-5-10(13)8-9/h1-2,6-7,9-10H,3-5,8H2. The van der Waals surface area contributed by atoms with E-state index in [1.54, 1.807) is 0 Å². The zero-order valence-electron chi connectivity index (χ0n) is 10.2. The molecule has 2 saturated heterocycles. The Morgan fingerprint density at radius 1 is 1.21 bits per heavy atom. The van der Waals surface area contributed by atoms with Crippen LogP contribution < -0.4 is 0 Å². The van der Waals surface area contributed by atoms with Crippen molar-refractivity contribution in [2.24, 2.45) is 0 Å². The second-order valence-electron chi connectivity index (χ2n) is 5.03. The quantitative estimate of drug-likeness (QED) is 0.626. The fourth-order valence-electron chi connectivity index (χ4n) is 3.09. The molecule has 0 spiro atoms. The van der Waals surface area contributed by atoms with Crippen LogP contribution in [0.5, 0.6) is 0 Å². The second kappa shape index (κ2) is 4.28. The van der Waals surface area contributed by atoms with Gasteiger partial charge >= 0.3 is 0 Å². The van der Waals surface area contributed by atoms with Crippen molar-refractivity contribution in [2.75, 3.05) is 0 Å². The molecule has 2 aliphatic heterocycles. The highest BCUT2D eigenvalue weighted by Gasteiger charge is 2.49. The lowest BCUT2D eigenvalue weighted by atomic mass is 9.83. The van der Waals surface area contributed by atoms with Gasteiger partial charge in [0.2, 0.25) is 10.0 Å². The molecule has 102 valence electrons. The van der Waals surface area contributed by atoms with Gasteiger partial charge in [-0.1, -0.05) is 18.6 Å². The third-order valence-electron chi connectivity index (χ3n) is 3.96. The van der Waals surface area contributed by atoms with Crippen LogP contribution >= 0.6 is 0 Å². The van der Waals surface area contributed by atoms with Gasteiger partial charge in [0, 0.05) is 18.2 Å². The average molecular weight is 282 g/mol. The molecule has 2 unspecified atom stereocenters. The molecule has 3 rings (SSSR count). The maximum absolute atomic E-state index is 12.6. The molecule has 1 aromatic carbocycles. The van der Waals surface area contributed by atoms with Crippen molar-refractivity contribution in [3.63, 3.8) is 0 Å². The first-order valence-electron chi connectivity index (χ1n) is 6.29. The SMILES string of the molecule is O=[N+]([O-])c1ccccc1S(=O)(=O)N1C2CCCC1C2. The van der Waals surface area contributed by atoms with Gasteiger partial charge in [-0.3, -0.25) is 10.1 Å². The van der Waals surface area contributed by atoms with Crippen molar-refractivity contribution in [2.45, 2.75) is 42.7 Å². The predicted molar refractivity (Wildman–Crippen MR) is 68.2 cm³/mol. The molecule has 0 N–H and O–H groups in total. The smallest absolute Gasteiger partial charge is 0.258 e. The van der Waals surface area contributed by atoms with Crippen molar-refractivity contribution in [3.8, 4) is 0 Å². The van der Waals surface area contributed by atoms with Gasteiger partial charge in [-0.2, -0.15) is 4.31 Å². The molecule has 0 aliphatic carbocycles. The summed E-state index contributed by atoms with van der Waals surface area (Å²) in [6.45, 7) is 0. The fourth-order valence-corrected chi connectivity index (χ4v) is 5.15. The van der Waals surface area contributed by atoms with Crippen LogP contribution in [0.15, 0.2) is 29.2 Å². The van der Waals surface area contributed by atoms with Crippen LogP contribution in [0, 0.1) is 10.1 Å². The summed E-state index contributed by atoms with van der Waals surface area (Å²) in [5.74, 6) is 0. The van der Waals surface area contributed by atoms with E-state index in [1.807, 2.05) is 0 Å². The molecule has 2 heterocycles. The number of piperidine rings is 1. The number of benzene rings is 1. The first-order valence-corrected chi connectivity index (χ1v) is 7.73. The van der Waals surface area contributed by atoms with Gasteiger partial charge in [-0.25, -0.2) is 8.42 Å². The monoisotopic (exact) mass is 282 g/mol. The average Bonchev–Trinajstić information content (AvgIpc) is 2.39. The van der Waals surface area contributed by atoms with Crippen LogP contribution in [0.3, 0.4) is 0 Å². The second-order valence-corrected chi connectivity index (χ2v) is 6.85. The first kappa shape index (κ1) is 12.6. The molecule has 0 radical (unpaired) electrons. The molecule has 2 aliphatic rings. The lowest BCUT2D eigenvalue weighted by Crippen LogP contribution is -2.60. The Bertz CT molecular complexity index is 614. The molecule has 7 heteroatoms. The number of nitro benzene ring substituents is 1. The van der Waals surface area contributed by atoms with E-state index in [0.717, 1.165) is 25.7 Å². The number of fused-ring (bicyclic) bond motifs is 2. The maximum atomic E-state index is 12.6. The van der Waals surface area contributed by atoms with Crippen molar-refractivity contribution in [1.29, 1.82) is 0 Å². The molecule has 2 atom stereocenters. The normalized spacial score (nSPS) is 26.7. The van der Waals surface area contributed by atoms with E-state index in [-0.39, 0.29) is 22.7 Å². The Balaban J connectivity index is 2.04. The highest BCUT2D eigenvalue weighted by molar-refractivity contribution is 7.89. The summed E-state index contributed by atoms with van der Waals surface area (Å²) in [6.07, 6.45) is 3.64. The summed E-state index contributed by atoms with van der Waals surface area (Å²) in [7, 11) is -3.75. The zero-order chi connectivity index (χ0) is 13.6. The van der Waals surface area contributed by atoms with Gasteiger partial charge in [-0.05, 0) is 25.3 Å². The Hall–Kier alpha value is -1.47. The van der Waals surface area contributed by atoms with Crippen molar-refractivity contribution < 1.29 is 13.3 Å². The summed E-state index contributed by atoms with van der Waals surface area (Å²) in [5.41, 5.74) is -0.340. The highest BCUT2D eigenvalue weighted by Crippen LogP contribution is 2.43. The third kappa shape index (κ3) is 1.84. The van der Waals surface area contributed by atoms with Crippen LogP contribution in [0.25, 0.3) is 0 Å². The van der Waals surface area contributed by atoms with Crippen LogP contribution in [-0.2, 0) is 10.0 Å². The van der Waals surface area contributed by atoms with E-state index in [0.29, 0.717) is 0 Å². The topological polar surface area (TPSA) is 80.5 Å². The van der Waals surface area contributed by atoms with E-state index in [1.165, 1.54) is 28.6 Å². The summed E-state index contributed by atoms with van der Waals surface area (Å²) in [6, 6.07) is 5.63. The number of hydrogen-bond acceptors (Lipinski definition) is 4. The number of nitro groups is 1. The number of rotatable bonds is 3. The molecular weight excluding hydrogens is 268 g/mol. The predicted octanol–water partition coefficient (Wildman–Crippen LogP) is 1.91. The lowest BCUT2D eigenvalue weighted by Gasteiger charge is -2.51. The third-order valence-corrected chi connectivity index (χ3v) is 6.01. The molecular formula is C12H14N2O4S. The molecule has 0 saturated carbocycles. The van der Waals surface area contributed by atoms with Crippen LogP contribution in [0.4, 0.5) is 5.69 Å². The number of nitrogens with zero attached hydrogens (tertiary/aromatic N) is 2. The largest absolute Gasteiger partial charge is 0.289 e. The number of para-hydroxylation sites is 1. The molecule has 2 fully saturated rings. The minimum absolute atomic E-state index is 0.0311. The molecule has 0 amide bonds. The lowest BCUT2D eigenvalue weighted by molar-refractivity contribution is -0.387. The number of sulfonamides is 1. The van der Waals surface area contributed by atoms with Crippen molar-refractivity contribution in [3.05, 3.63) is 34.4 Å². The summed E-state index contributed by atoms with van der Waals surface area (Å²) in [4.78, 5) is 10.1. The van der Waals surface area contributed by atoms with E-state index in [2.05, 4.69) is 0 Å². The zero-order valence-corrected chi connectivity index (χ0v) is 11.0. The van der Waals surface area contributed by atoms with E-state index in [4.69, 9.17) is 0 Å². The summed E-state index contributed by atoms with van der Waals surface area (Å²) in [5, 5.41) is 11.0. The van der Waals surface area contributed by atoms with E-state index < -0.39 is 14.9 Å². The Morgan fingerprint density at radius 3 is 2.42 bits per heavy atom. The summed E-state index contributed by atoms with van der Waals surface area (Å²) >= 11 is 0. The van der Waals surface area contributed by atoms with Gasteiger partial charge in [0.05, 0.1) is 4.92 Å². The van der Waals surface area contributed by atoms with Crippen LogP contribution in [0.2, 0.25) is 0 Å². The molecule has 1 aromatic rings. The minimum Gasteiger partial charge on any atom is -0.258 e. The van der Waals surface area contributed by atoms with Gasteiger partial charge in [-0.15, -0.1) is 0 Å². The highest BCUT2D eigenvalue weighted by atomic mass is 32.2. The van der Waals surface area contributed by atoms with Crippen molar-refractivity contribution in [1.82, 2.24) is 4.31 Å². The van der Waals surface area contributed by atoms with Gasteiger partial charge in [0.1, 0.15) is 0 Å². The minimum atomic E-state index is -3.75. The van der Waals surface area contributed by atoms with Gasteiger partial charge in [0.15, 0.2) is 4.90 Å². The van der Waals surface area contributed by atoms with Gasteiger partial charge < -0.3 is 0 Å². The van der Waals surface area contributed by atoms with Crippen LogP contribution in [0.1, 0.15) is 25.7 Å². The Kier molecular flexibility index (Phi) is 2.83. The van der Waals surface area contributed by atoms with Crippen LogP contribution in [-0.4, -0.2) is 29.7 Å². The maximum Gasteiger partial charge on any atom is 0.289 e. The number of hydrogen-bond donors (Lipinski definition) is 0. The molecule has 6 nitrogen and oxygen atoms in total. The fraction of sp³-hybridized carbons (Fsp3) is 0.500.